The molecule has 0 saturated carbocycles. The number of carbonyl (C=O) groups is 1. The first-order valence-electron chi connectivity index (χ1n) is 9.22. The van der Waals surface area contributed by atoms with Gasteiger partial charge in [0.1, 0.15) is 17.7 Å². The minimum absolute atomic E-state index is 0.0831. The van der Waals surface area contributed by atoms with Crippen molar-refractivity contribution in [1.82, 2.24) is 29.9 Å². The summed E-state index contributed by atoms with van der Waals surface area (Å²) in [5.74, 6) is 0.660. The molecule has 9 nitrogen and oxygen atoms in total. The summed E-state index contributed by atoms with van der Waals surface area (Å²) >= 11 is 0. The molecule has 1 aliphatic rings. The maximum absolute atomic E-state index is 12.8. The van der Waals surface area contributed by atoms with Gasteiger partial charge in [0.05, 0.1) is 18.3 Å². The van der Waals surface area contributed by atoms with Crippen LogP contribution in [0.2, 0.25) is 0 Å². The highest BCUT2D eigenvalue weighted by Gasteiger charge is 2.33. The van der Waals surface area contributed by atoms with E-state index in [9.17, 15) is 4.79 Å². The number of aryl methyl sites for hydroxylation is 2. The van der Waals surface area contributed by atoms with Crippen LogP contribution in [0.1, 0.15) is 28.2 Å². The van der Waals surface area contributed by atoms with Gasteiger partial charge in [0.15, 0.2) is 5.65 Å². The maximum Gasteiger partial charge on any atom is 0.256 e. The molecule has 3 aromatic heterocycles. The van der Waals surface area contributed by atoms with Crippen molar-refractivity contribution >= 4 is 17.4 Å². The van der Waals surface area contributed by atoms with Gasteiger partial charge >= 0.3 is 0 Å². The summed E-state index contributed by atoms with van der Waals surface area (Å²) in [4.78, 5) is 27.9. The first kappa shape index (κ1) is 18.3. The Morgan fingerprint density at radius 1 is 1.32 bits per heavy atom. The van der Waals surface area contributed by atoms with Crippen LogP contribution in [0, 0.1) is 13.8 Å². The highest BCUT2D eigenvalue weighted by Crippen LogP contribution is 2.25. The number of nitrogens with one attached hydrogen (secondary N) is 1. The second-order valence-electron chi connectivity index (χ2n) is 7.02. The lowest BCUT2D eigenvalue weighted by atomic mass is 10.2. The average molecular weight is 381 g/mol. The van der Waals surface area contributed by atoms with Crippen LogP contribution in [-0.4, -0.2) is 62.8 Å². The lowest BCUT2D eigenvalue weighted by Gasteiger charge is -2.25. The van der Waals surface area contributed by atoms with Gasteiger partial charge < -0.3 is 15.0 Å². The van der Waals surface area contributed by atoms with E-state index in [1.165, 1.54) is 0 Å². The summed E-state index contributed by atoms with van der Waals surface area (Å²) in [7, 11) is 1.71. The molecule has 1 N–H and O–H groups in total. The molecule has 2 atom stereocenters. The van der Waals surface area contributed by atoms with Crippen molar-refractivity contribution in [3.05, 3.63) is 47.8 Å². The maximum atomic E-state index is 12.8. The van der Waals surface area contributed by atoms with Crippen molar-refractivity contribution in [2.24, 2.45) is 0 Å². The minimum atomic E-state index is -0.187. The highest BCUT2D eigenvalue weighted by molar-refractivity contribution is 5.99. The van der Waals surface area contributed by atoms with Gasteiger partial charge in [-0.3, -0.25) is 4.79 Å². The molecule has 3 aromatic rings. The zero-order chi connectivity index (χ0) is 19.7. The van der Waals surface area contributed by atoms with Crippen LogP contribution < -0.4 is 10.2 Å². The second-order valence-corrected chi connectivity index (χ2v) is 7.02. The van der Waals surface area contributed by atoms with E-state index in [4.69, 9.17) is 4.74 Å². The summed E-state index contributed by atoms with van der Waals surface area (Å²) in [6.45, 7) is 5.03. The monoisotopic (exact) mass is 381 g/mol. The van der Waals surface area contributed by atoms with E-state index in [0.29, 0.717) is 17.8 Å². The molecule has 0 aromatic carbocycles. The zero-order valence-electron chi connectivity index (χ0n) is 16.2. The number of hydrogen-bond acceptors (Lipinski definition) is 7. The first-order valence-corrected chi connectivity index (χ1v) is 9.22. The van der Waals surface area contributed by atoms with Gasteiger partial charge in [-0.2, -0.15) is 5.10 Å². The Balaban J connectivity index is 1.50. The largest absolute Gasteiger partial charge is 0.380 e. The van der Waals surface area contributed by atoms with Crippen molar-refractivity contribution in [3.63, 3.8) is 0 Å². The fourth-order valence-corrected chi connectivity index (χ4v) is 3.54. The van der Waals surface area contributed by atoms with Crippen LogP contribution in [0.25, 0.3) is 5.65 Å². The molecular weight excluding hydrogens is 358 g/mol. The number of hydrogen-bond donors (Lipinski definition) is 1. The van der Waals surface area contributed by atoms with E-state index >= 15 is 0 Å². The average Bonchev–Trinajstić information content (AvgIpc) is 3.29. The molecule has 146 valence electrons. The summed E-state index contributed by atoms with van der Waals surface area (Å²) in [6.07, 6.45) is 5.82. The Bertz CT molecular complexity index is 1000. The summed E-state index contributed by atoms with van der Waals surface area (Å²) < 4.78 is 7.16. The number of rotatable bonds is 5. The van der Waals surface area contributed by atoms with Gasteiger partial charge in [-0.25, -0.2) is 19.5 Å². The van der Waals surface area contributed by atoms with Crippen molar-refractivity contribution in [3.8, 4) is 0 Å². The molecular formula is C19H23N7O2. The van der Waals surface area contributed by atoms with Crippen molar-refractivity contribution in [2.75, 3.05) is 25.1 Å². The van der Waals surface area contributed by atoms with Gasteiger partial charge in [-0.15, -0.1) is 0 Å². The molecule has 9 heteroatoms. The van der Waals surface area contributed by atoms with E-state index in [1.54, 1.807) is 30.3 Å². The number of anilines is 1. The Hall–Kier alpha value is -3.07. The molecule has 0 aliphatic carbocycles. The topological polar surface area (TPSA) is 97.5 Å². The first-order chi connectivity index (χ1) is 13.5. The zero-order valence-corrected chi connectivity index (χ0v) is 16.2. The van der Waals surface area contributed by atoms with Crippen molar-refractivity contribution < 1.29 is 9.53 Å². The third-order valence-electron chi connectivity index (χ3n) is 5.04. The third-order valence-corrected chi connectivity index (χ3v) is 5.04. The minimum Gasteiger partial charge on any atom is -0.380 e. The molecule has 0 bridgehead atoms. The molecule has 4 heterocycles. The molecule has 0 radical (unpaired) electrons. The Kier molecular flexibility index (Phi) is 4.91. The molecule has 1 fully saturated rings. The summed E-state index contributed by atoms with van der Waals surface area (Å²) in [6, 6.07) is 3.89. The lowest BCUT2D eigenvalue weighted by molar-refractivity contribution is 0.0947. The quantitative estimate of drug-likeness (QED) is 0.708. The second kappa shape index (κ2) is 7.51. The number of methoxy groups -OCH3 is 1. The van der Waals surface area contributed by atoms with E-state index in [1.807, 2.05) is 26.0 Å². The number of amides is 1. The number of ether oxygens (including phenoxy) is 1. The van der Waals surface area contributed by atoms with Gasteiger partial charge in [0.2, 0.25) is 0 Å². The fraction of sp³-hybridized carbons (Fsp3) is 0.421. The van der Waals surface area contributed by atoms with Crippen LogP contribution in [0.15, 0.2) is 30.9 Å². The molecule has 0 spiro atoms. The molecule has 1 saturated heterocycles. The Morgan fingerprint density at radius 3 is 2.96 bits per heavy atom. The predicted octanol–water partition coefficient (Wildman–Crippen LogP) is 1.16. The smallest absolute Gasteiger partial charge is 0.256 e. The van der Waals surface area contributed by atoms with E-state index in [-0.39, 0.29) is 18.1 Å². The van der Waals surface area contributed by atoms with Gasteiger partial charge in [-0.05, 0) is 26.3 Å². The predicted molar refractivity (Wildman–Crippen MR) is 103 cm³/mol. The van der Waals surface area contributed by atoms with E-state index in [0.717, 1.165) is 30.2 Å². The number of carbonyl (C=O) groups excluding carboxylic acids is 1. The Labute approximate surface area is 162 Å². The van der Waals surface area contributed by atoms with Crippen LogP contribution >= 0.6 is 0 Å². The number of aromatic nitrogens is 5. The van der Waals surface area contributed by atoms with Crippen LogP contribution in [0.4, 0.5) is 5.82 Å². The summed E-state index contributed by atoms with van der Waals surface area (Å²) in [5, 5.41) is 7.23. The highest BCUT2D eigenvalue weighted by atomic mass is 16.5. The normalized spacial score (nSPS) is 19.3. The standard InChI is InChI=1S/C19H23N7O2/c1-12-4-5-26-18(24-12)16(9-23-26)19(27)20-8-14-7-15(28-3)10-25(14)17-6-13(2)21-11-22-17/h4-6,9,11,14-15H,7-8,10H2,1-3H3,(H,20,27)/t14-,15-/m0/s1. The van der Waals surface area contributed by atoms with Crippen molar-refractivity contribution in [1.29, 1.82) is 0 Å². The fourth-order valence-electron chi connectivity index (χ4n) is 3.54. The van der Waals surface area contributed by atoms with Crippen LogP contribution in [0.5, 0.6) is 0 Å². The molecule has 1 amide bonds. The SMILES string of the molecule is CO[C@H]1C[C@@H](CNC(=O)c2cnn3ccc(C)nc23)N(c2cc(C)ncn2)C1. The van der Waals surface area contributed by atoms with E-state index < -0.39 is 0 Å². The van der Waals surface area contributed by atoms with Gasteiger partial charge in [-0.1, -0.05) is 0 Å². The van der Waals surface area contributed by atoms with Crippen LogP contribution in [0.3, 0.4) is 0 Å². The summed E-state index contributed by atoms with van der Waals surface area (Å²) in [5.41, 5.74) is 2.77. The van der Waals surface area contributed by atoms with Gasteiger partial charge in [0, 0.05) is 43.9 Å². The van der Waals surface area contributed by atoms with Gasteiger partial charge in [0.25, 0.3) is 5.91 Å². The molecule has 1 aliphatic heterocycles. The number of nitrogens with zero attached hydrogens (tertiary/aromatic N) is 6. The van der Waals surface area contributed by atoms with E-state index in [2.05, 4.69) is 30.3 Å². The lowest BCUT2D eigenvalue weighted by Crippen LogP contribution is -2.40. The Morgan fingerprint density at radius 2 is 2.18 bits per heavy atom. The molecule has 4 rings (SSSR count). The third kappa shape index (κ3) is 3.53. The van der Waals surface area contributed by atoms with Crippen molar-refractivity contribution in [2.45, 2.75) is 32.4 Å². The molecule has 28 heavy (non-hydrogen) atoms. The molecule has 0 unspecified atom stereocenters. The van der Waals surface area contributed by atoms with Crippen LogP contribution in [-0.2, 0) is 4.74 Å². The number of fused-ring (bicyclic) bond motifs is 1.